The van der Waals surface area contributed by atoms with Gasteiger partial charge < -0.3 is 5.11 Å². The molecule has 0 saturated heterocycles. The van der Waals surface area contributed by atoms with Crippen LogP contribution in [0.15, 0.2) is 18.2 Å². The van der Waals surface area contributed by atoms with Gasteiger partial charge in [-0.05, 0) is 29.2 Å². The minimum Gasteiger partial charge on any atom is -0.481 e. The first kappa shape index (κ1) is 10.7. The third-order valence-electron chi connectivity index (χ3n) is 2.00. The van der Waals surface area contributed by atoms with Crippen molar-refractivity contribution in [2.24, 2.45) is 0 Å². The van der Waals surface area contributed by atoms with Crippen LogP contribution in [0.1, 0.15) is 30.9 Å². The van der Waals surface area contributed by atoms with E-state index in [-0.39, 0.29) is 18.2 Å². The number of halogens is 1. The van der Waals surface area contributed by atoms with Crippen molar-refractivity contribution >= 4 is 5.97 Å². The van der Waals surface area contributed by atoms with Crippen LogP contribution in [0.2, 0.25) is 0 Å². The average Bonchev–Trinajstić information content (AvgIpc) is 2.01. The molecule has 0 radical (unpaired) electrons. The molecule has 2 nitrogen and oxygen atoms in total. The molecule has 1 aromatic carbocycles. The van der Waals surface area contributed by atoms with Crippen LogP contribution in [-0.2, 0) is 11.2 Å². The fourth-order valence-corrected chi connectivity index (χ4v) is 1.29. The molecule has 0 amide bonds. The maximum atomic E-state index is 13.0. The van der Waals surface area contributed by atoms with E-state index >= 15 is 0 Å². The first-order valence-corrected chi connectivity index (χ1v) is 4.50. The number of carbonyl (C=O) groups is 1. The fraction of sp³-hybridized carbons (Fsp3) is 0.364. The van der Waals surface area contributed by atoms with Crippen LogP contribution in [0.5, 0.6) is 0 Å². The first-order valence-electron chi connectivity index (χ1n) is 4.50. The number of carboxylic acids is 1. The van der Waals surface area contributed by atoms with E-state index in [4.69, 9.17) is 5.11 Å². The highest BCUT2D eigenvalue weighted by Gasteiger charge is 2.06. The Bertz CT molecular complexity index is 345. The van der Waals surface area contributed by atoms with Crippen molar-refractivity contribution in [1.82, 2.24) is 0 Å². The molecule has 14 heavy (non-hydrogen) atoms. The van der Waals surface area contributed by atoms with Crippen molar-refractivity contribution < 1.29 is 14.3 Å². The van der Waals surface area contributed by atoms with E-state index in [2.05, 4.69) is 0 Å². The van der Waals surface area contributed by atoms with Crippen LogP contribution in [0.25, 0.3) is 0 Å². The van der Waals surface area contributed by atoms with Crippen LogP contribution in [0.4, 0.5) is 4.39 Å². The number of aliphatic carboxylic acids is 1. The average molecular weight is 196 g/mol. The minimum absolute atomic E-state index is 0.128. The summed E-state index contributed by atoms with van der Waals surface area (Å²) in [7, 11) is 0. The third kappa shape index (κ3) is 2.83. The Kier molecular flexibility index (Phi) is 3.23. The van der Waals surface area contributed by atoms with Crippen molar-refractivity contribution in [3.63, 3.8) is 0 Å². The molecule has 0 atom stereocenters. The fourth-order valence-electron chi connectivity index (χ4n) is 1.29. The molecule has 0 aromatic heterocycles. The lowest BCUT2D eigenvalue weighted by Crippen LogP contribution is -2.02. The quantitative estimate of drug-likeness (QED) is 0.806. The molecule has 1 N–H and O–H groups in total. The molecule has 0 aliphatic rings. The second-order valence-corrected chi connectivity index (χ2v) is 3.62. The monoisotopic (exact) mass is 196 g/mol. The Morgan fingerprint density at radius 1 is 1.43 bits per heavy atom. The highest BCUT2D eigenvalue weighted by Crippen LogP contribution is 2.18. The molecule has 0 spiro atoms. The molecule has 76 valence electrons. The number of rotatable bonds is 3. The van der Waals surface area contributed by atoms with E-state index in [1.807, 2.05) is 13.8 Å². The van der Waals surface area contributed by atoms with E-state index in [0.29, 0.717) is 5.56 Å². The summed E-state index contributed by atoms with van der Waals surface area (Å²) in [6.07, 6.45) is -0.128. The lowest BCUT2D eigenvalue weighted by atomic mass is 9.99. The molecule has 0 fully saturated rings. The van der Waals surface area contributed by atoms with Crippen LogP contribution in [0.3, 0.4) is 0 Å². The van der Waals surface area contributed by atoms with Crippen LogP contribution in [-0.4, -0.2) is 11.1 Å². The smallest absolute Gasteiger partial charge is 0.307 e. The van der Waals surface area contributed by atoms with Crippen molar-refractivity contribution in [2.45, 2.75) is 26.2 Å². The van der Waals surface area contributed by atoms with Crippen molar-refractivity contribution in [3.8, 4) is 0 Å². The van der Waals surface area contributed by atoms with Gasteiger partial charge in [-0.25, -0.2) is 4.39 Å². The van der Waals surface area contributed by atoms with Gasteiger partial charge in [-0.2, -0.15) is 0 Å². The van der Waals surface area contributed by atoms with E-state index in [0.717, 1.165) is 5.56 Å². The normalized spacial score (nSPS) is 10.6. The molecule has 0 bridgehead atoms. The Morgan fingerprint density at radius 3 is 2.57 bits per heavy atom. The van der Waals surface area contributed by atoms with Crippen LogP contribution in [0, 0.1) is 5.82 Å². The summed E-state index contributed by atoms with van der Waals surface area (Å²) in [5.41, 5.74) is 1.35. The molecule has 1 rings (SSSR count). The Labute approximate surface area is 82.4 Å². The second-order valence-electron chi connectivity index (χ2n) is 3.62. The summed E-state index contributed by atoms with van der Waals surface area (Å²) in [6.45, 7) is 3.89. The maximum Gasteiger partial charge on any atom is 0.307 e. The minimum atomic E-state index is -0.940. The Hall–Kier alpha value is -1.38. The predicted octanol–water partition coefficient (Wildman–Crippen LogP) is 2.58. The SMILES string of the molecule is CC(C)c1cc(F)cc(CC(=O)O)c1. The number of hydrogen-bond donors (Lipinski definition) is 1. The van der Waals surface area contributed by atoms with Gasteiger partial charge >= 0.3 is 5.97 Å². The second kappa shape index (κ2) is 4.22. The van der Waals surface area contributed by atoms with Gasteiger partial charge in [0.25, 0.3) is 0 Å². The van der Waals surface area contributed by atoms with Gasteiger partial charge in [0, 0.05) is 0 Å². The summed E-state index contributed by atoms with van der Waals surface area (Å²) in [5, 5.41) is 8.56. The molecular weight excluding hydrogens is 183 g/mol. The van der Waals surface area contributed by atoms with E-state index < -0.39 is 5.97 Å². The van der Waals surface area contributed by atoms with Gasteiger partial charge in [-0.3, -0.25) is 4.79 Å². The zero-order chi connectivity index (χ0) is 10.7. The van der Waals surface area contributed by atoms with E-state index in [9.17, 15) is 9.18 Å². The molecule has 1 aromatic rings. The number of hydrogen-bond acceptors (Lipinski definition) is 1. The lowest BCUT2D eigenvalue weighted by molar-refractivity contribution is -0.136. The summed E-state index contributed by atoms with van der Waals surface area (Å²) >= 11 is 0. The van der Waals surface area contributed by atoms with Crippen LogP contribution < -0.4 is 0 Å². The van der Waals surface area contributed by atoms with Gasteiger partial charge in [-0.15, -0.1) is 0 Å². The number of carboxylic acid groups (broad SMARTS) is 1. The standard InChI is InChI=1S/C11H13FO2/c1-7(2)9-3-8(5-11(13)14)4-10(12)6-9/h3-4,6-7H,5H2,1-2H3,(H,13,14). The van der Waals surface area contributed by atoms with Gasteiger partial charge in [-0.1, -0.05) is 19.9 Å². The molecule has 3 heteroatoms. The zero-order valence-electron chi connectivity index (χ0n) is 8.25. The van der Waals surface area contributed by atoms with Gasteiger partial charge in [0.2, 0.25) is 0 Å². The van der Waals surface area contributed by atoms with Crippen molar-refractivity contribution in [2.75, 3.05) is 0 Å². The van der Waals surface area contributed by atoms with Gasteiger partial charge in [0.1, 0.15) is 5.82 Å². The summed E-state index contributed by atoms with van der Waals surface area (Å²) in [5.74, 6) is -1.10. The molecule has 0 saturated carbocycles. The largest absolute Gasteiger partial charge is 0.481 e. The molecular formula is C11H13FO2. The Morgan fingerprint density at radius 2 is 2.07 bits per heavy atom. The number of benzene rings is 1. The van der Waals surface area contributed by atoms with E-state index in [1.165, 1.54) is 12.1 Å². The van der Waals surface area contributed by atoms with Crippen LogP contribution >= 0.6 is 0 Å². The summed E-state index contributed by atoms with van der Waals surface area (Å²) < 4.78 is 13.0. The molecule has 0 aliphatic carbocycles. The highest BCUT2D eigenvalue weighted by molar-refractivity contribution is 5.70. The predicted molar refractivity (Wildman–Crippen MR) is 51.8 cm³/mol. The first-order chi connectivity index (χ1) is 6.49. The summed E-state index contributed by atoms with van der Waals surface area (Å²) in [4.78, 5) is 10.4. The zero-order valence-corrected chi connectivity index (χ0v) is 8.25. The highest BCUT2D eigenvalue weighted by atomic mass is 19.1. The van der Waals surface area contributed by atoms with Crippen molar-refractivity contribution in [1.29, 1.82) is 0 Å². The molecule has 0 unspecified atom stereocenters. The topological polar surface area (TPSA) is 37.3 Å². The third-order valence-corrected chi connectivity index (χ3v) is 2.00. The molecule has 0 heterocycles. The Balaban J connectivity index is 3.01. The lowest BCUT2D eigenvalue weighted by Gasteiger charge is -2.07. The maximum absolute atomic E-state index is 13.0. The van der Waals surface area contributed by atoms with Crippen molar-refractivity contribution in [3.05, 3.63) is 35.1 Å². The van der Waals surface area contributed by atoms with E-state index in [1.54, 1.807) is 6.07 Å². The molecule has 0 aliphatic heterocycles. The van der Waals surface area contributed by atoms with Gasteiger partial charge in [0.15, 0.2) is 0 Å². The summed E-state index contributed by atoms with van der Waals surface area (Å²) in [6, 6.07) is 4.44. The van der Waals surface area contributed by atoms with Gasteiger partial charge in [0.05, 0.1) is 6.42 Å².